The van der Waals surface area contributed by atoms with Crippen molar-refractivity contribution in [1.29, 1.82) is 0 Å². The van der Waals surface area contributed by atoms with Crippen molar-refractivity contribution in [3.8, 4) is 0 Å². The molecule has 0 fully saturated rings. The fraction of sp³-hybridized carbons (Fsp3) is 0.467. The first-order valence-corrected chi connectivity index (χ1v) is 6.78. The second kappa shape index (κ2) is 6.75. The van der Waals surface area contributed by atoms with Gasteiger partial charge in [-0.25, -0.2) is 4.79 Å². The number of ether oxygens (including phenoxy) is 1. The standard InChI is InChI=1S/C15H20ClNO3.H2/c1-10-5-11(7-12(16)6-10)8-13(9-18)17-14(19)20-15(2,3)4;/h5-7,9,13H,8H2,1-4H3,(H,17,19);1H. The third-order valence-corrected chi connectivity index (χ3v) is 2.64. The highest BCUT2D eigenvalue weighted by molar-refractivity contribution is 6.30. The summed E-state index contributed by atoms with van der Waals surface area (Å²) in [6.45, 7) is 7.22. The molecule has 0 aliphatic heterocycles. The maximum absolute atomic E-state index is 11.6. The third-order valence-electron chi connectivity index (χ3n) is 2.42. The van der Waals surface area contributed by atoms with Crippen LogP contribution in [0.1, 0.15) is 33.3 Å². The van der Waals surface area contributed by atoms with Gasteiger partial charge in [-0.1, -0.05) is 17.7 Å². The van der Waals surface area contributed by atoms with Crippen LogP contribution in [0.15, 0.2) is 18.2 Å². The van der Waals surface area contributed by atoms with Crippen molar-refractivity contribution in [2.24, 2.45) is 0 Å². The minimum Gasteiger partial charge on any atom is -0.444 e. The van der Waals surface area contributed by atoms with Gasteiger partial charge in [-0.05, 0) is 57.4 Å². The lowest BCUT2D eigenvalue weighted by Gasteiger charge is -2.21. The molecule has 0 heterocycles. The minimum atomic E-state index is -0.636. The predicted octanol–water partition coefficient (Wildman–Crippen LogP) is 3.53. The van der Waals surface area contributed by atoms with Crippen molar-refractivity contribution in [3.63, 3.8) is 0 Å². The van der Waals surface area contributed by atoms with E-state index in [1.54, 1.807) is 26.8 Å². The molecule has 1 unspecified atom stereocenters. The van der Waals surface area contributed by atoms with Crippen LogP contribution in [0.3, 0.4) is 0 Å². The Labute approximate surface area is 125 Å². The third kappa shape index (κ3) is 6.06. The molecule has 1 N–H and O–H groups in total. The quantitative estimate of drug-likeness (QED) is 0.865. The van der Waals surface area contributed by atoms with Crippen molar-refractivity contribution in [3.05, 3.63) is 34.3 Å². The molecule has 5 heteroatoms. The molecule has 0 aliphatic rings. The van der Waals surface area contributed by atoms with Gasteiger partial charge < -0.3 is 14.8 Å². The van der Waals surface area contributed by atoms with Gasteiger partial charge in [0.05, 0.1) is 6.04 Å². The van der Waals surface area contributed by atoms with E-state index in [9.17, 15) is 9.59 Å². The molecular weight excluding hydrogens is 278 g/mol. The number of hydrogen-bond acceptors (Lipinski definition) is 3. The van der Waals surface area contributed by atoms with Crippen molar-refractivity contribution < 1.29 is 15.8 Å². The highest BCUT2D eigenvalue weighted by atomic mass is 35.5. The zero-order chi connectivity index (χ0) is 15.3. The van der Waals surface area contributed by atoms with Crippen LogP contribution in [-0.2, 0) is 16.0 Å². The summed E-state index contributed by atoms with van der Waals surface area (Å²) in [6.07, 6.45) is 0.470. The van der Waals surface area contributed by atoms with Crippen molar-refractivity contribution in [2.75, 3.05) is 0 Å². The molecule has 112 valence electrons. The summed E-state index contributed by atoms with van der Waals surface area (Å²) in [6, 6.07) is 4.91. The fourth-order valence-electron chi connectivity index (χ4n) is 1.78. The molecule has 0 aromatic heterocycles. The number of aldehydes is 1. The first-order chi connectivity index (χ1) is 9.19. The van der Waals surface area contributed by atoms with Crippen LogP contribution < -0.4 is 5.32 Å². The fourth-order valence-corrected chi connectivity index (χ4v) is 2.09. The normalized spacial score (nSPS) is 12.7. The van der Waals surface area contributed by atoms with Crippen molar-refractivity contribution in [2.45, 2.75) is 45.8 Å². The molecule has 0 aliphatic carbocycles. The summed E-state index contributed by atoms with van der Waals surface area (Å²) in [5.74, 6) is 0. The van der Waals surface area contributed by atoms with E-state index < -0.39 is 17.7 Å². The van der Waals surface area contributed by atoms with Crippen LogP contribution >= 0.6 is 11.6 Å². The number of halogens is 1. The summed E-state index contributed by atoms with van der Waals surface area (Å²) in [5, 5.41) is 3.15. The molecule has 1 aromatic rings. The van der Waals surface area contributed by atoms with Crippen molar-refractivity contribution in [1.82, 2.24) is 5.32 Å². The number of amides is 1. The number of alkyl carbamates (subject to hydrolysis) is 1. The Morgan fingerprint density at radius 2 is 2.10 bits per heavy atom. The SMILES string of the molecule is Cc1cc(Cl)cc(CC(C=O)NC(=O)OC(C)(C)C)c1.[HH]. The van der Waals surface area contributed by atoms with Gasteiger partial charge in [0.2, 0.25) is 0 Å². The van der Waals surface area contributed by atoms with E-state index in [0.717, 1.165) is 11.1 Å². The maximum Gasteiger partial charge on any atom is 0.408 e. The Kier molecular flexibility index (Phi) is 5.57. The summed E-state index contributed by atoms with van der Waals surface area (Å²) in [5.41, 5.74) is 1.31. The first kappa shape index (κ1) is 16.5. The lowest BCUT2D eigenvalue weighted by molar-refractivity contribution is -0.109. The molecule has 0 saturated heterocycles. The number of aryl methyl sites for hydroxylation is 1. The van der Waals surface area contributed by atoms with E-state index >= 15 is 0 Å². The second-order valence-corrected chi connectivity index (χ2v) is 6.17. The monoisotopic (exact) mass is 299 g/mol. The van der Waals surface area contributed by atoms with Gasteiger partial charge in [-0.2, -0.15) is 0 Å². The number of hydrogen-bond donors (Lipinski definition) is 1. The molecule has 0 bridgehead atoms. The number of benzene rings is 1. The summed E-state index contributed by atoms with van der Waals surface area (Å²) in [4.78, 5) is 22.7. The molecular formula is C15H22ClNO3. The summed E-state index contributed by atoms with van der Waals surface area (Å²) < 4.78 is 5.12. The molecule has 1 atom stereocenters. The average Bonchev–Trinajstić information content (AvgIpc) is 2.23. The zero-order valence-corrected chi connectivity index (χ0v) is 13.0. The molecule has 1 rings (SSSR count). The number of carbonyl (C=O) groups is 2. The van der Waals surface area contributed by atoms with E-state index in [0.29, 0.717) is 17.7 Å². The first-order valence-electron chi connectivity index (χ1n) is 6.40. The highest BCUT2D eigenvalue weighted by Crippen LogP contribution is 2.16. The van der Waals surface area contributed by atoms with Gasteiger partial charge in [0, 0.05) is 6.45 Å². The van der Waals surface area contributed by atoms with E-state index in [1.807, 2.05) is 19.1 Å². The van der Waals surface area contributed by atoms with Crippen LogP contribution in [0.4, 0.5) is 4.79 Å². The van der Waals surface area contributed by atoms with Crippen LogP contribution in [0, 0.1) is 6.92 Å². The van der Waals surface area contributed by atoms with Gasteiger partial charge >= 0.3 is 6.09 Å². The molecule has 1 aromatic carbocycles. The lowest BCUT2D eigenvalue weighted by atomic mass is 10.0. The van der Waals surface area contributed by atoms with E-state index in [-0.39, 0.29) is 1.43 Å². The predicted molar refractivity (Wildman–Crippen MR) is 81.2 cm³/mol. The van der Waals surface area contributed by atoms with Crippen LogP contribution in [-0.4, -0.2) is 24.0 Å². The minimum absolute atomic E-state index is 0. The maximum atomic E-state index is 11.6. The Bertz CT molecular complexity index is 480. The average molecular weight is 300 g/mol. The van der Waals surface area contributed by atoms with E-state index in [1.165, 1.54) is 0 Å². The van der Waals surface area contributed by atoms with Gasteiger partial charge in [0.25, 0.3) is 0 Å². The number of nitrogens with one attached hydrogen (secondary N) is 1. The van der Waals surface area contributed by atoms with E-state index in [2.05, 4.69) is 5.32 Å². The Hall–Kier alpha value is -1.55. The second-order valence-electron chi connectivity index (χ2n) is 5.73. The highest BCUT2D eigenvalue weighted by Gasteiger charge is 2.19. The molecule has 0 radical (unpaired) electrons. The van der Waals surface area contributed by atoms with Gasteiger partial charge in [-0.15, -0.1) is 0 Å². The molecule has 4 nitrogen and oxygen atoms in total. The van der Waals surface area contributed by atoms with E-state index in [4.69, 9.17) is 16.3 Å². The largest absolute Gasteiger partial charge is 0.444 e. The number of rotatable bonds is 4. The summed E-state index contributed by atoms with van der Waals surface area (Å²) in [7, 11) is 0. The Morgan fingerprint density at radius 1 is 1.45 bits per heavy atom. The number of carbonyl (C=O) groups excluding carboxylic acids is 2. The molecule has 0 spiro atoms. The van der Waals surface area contributed by atoms with Gasteiger partial charge in [0.1, 0.15) is 11.9 Å². The van der Waals surface area contributed by atoms with Crippen LogP contribution in [0.5, 0.6) is 0 Å². The van der Waals surface area contributed by atoms with Crippen LogP contribution in [0.25, 0.3) is 0 Å². The smallest absolute Gasteiger partial charge is 0.408 e. The Balaban J connectivity index is 0.00000400. The van der Waals surface area contributed by atoms with Crippen LogP contribution in [0.2, 0.25) is 5.02 Å². The molecule has 20 heavy (non-hydrogen) atoms. The lowest BCUT2D eigenvalue weighted by Crippen LogP contribution is -2.41. The zero-order valence-electron chi connectivity index (χ0n) is 12.2. The summed E-state index contributed by atoms with van der Waals surface area (Å²) >= 11 is 5.97. The van der Waals surface area contributed by atoms with Gasteiger partial charge in [0.15, 0.2) is 0 Å². The molecule has 1 amide bonds. The molecule has 0 saturated carbocycles. The van der Waals surface area contributed by atoms with Crippen molar-refractivity contribution >= 4 is 24.0 Å². The topological polar surface area (TPSA) is 55.4 Å². The van der Waals surface area contributed by atoms with Gasteiger partial charge in [-0.3, -0.25) is 0 Å². The Morgan fingerprint density at radius 3 is 2.60 bits per heavy atom.